The van der Waals surface area contributed by atoms with Crippen LogP contribution in [0, 0.1) is 13.8 Å². The minimum Gasteiger partial charge on any atom is -0.496 e. The zero-order chi connectivity index (χ0) is 14.7. The van der Waals surface area contributed by atoms with E-state index in [1.807, 2.05) is 26.0 Å². The Hall–Kier alpha value is -2.20. The summed E-state index contributed by atoms with van der Waals surface area (Å²) in [4.78, 5) is 16.8. The molecule has 0 radical (unpaired) electrons. The highest BCUT2D eigenvalue weighted by atomic mass is 16.5. The van der Waals surface area contributed by atoms with Crippen LogP contribution >= 0.6 is 0 Å². The maximum atomic E-state index is 12.7. The number of carbonyl (C=O) groups excluding carboxylic acids is 1. The molecule has 0 fully saturated rings. The van der Waals surface area contributed by atoms with E-state index in [4.69, 9.17) is 10.5 Å². The second-order valence-corrected chi connectivity index (χ2v) is 4.73. The molecule has 0 atom stereocenters. The van der Waals surface area contributed by atoms with Crippen molar-refractivity contribution in [2.45, 2.75) is 20.4 Å². The van der Waals surface area contributed by atoms with Crippen molar-refractivity contribution in [1.82, 2.24) is 4.98 Å². The first-order chi connectivity index (χ1) is 9.56. The van der Waals surface area contributed by atoms with E-state index < -0.39 is 0 Å². The molecule has 1 heterocycles. The fraction of sp³-hybridized carbons (Fsp3) is 0.250. The lowest BCUT2D eigenvalue weighted by atomic mass is 9.96. The number of aromatic nitrogens is 1. The van der Waals surface area contributed by atoms with E-state index in [-0.39, 0.29) is 5.78 Å². The van der Waals surface area contributed by atoms with Crippen molar-refractivity contribution in [3.05, 3.63) is 58.4 Å². The largest absolute Gasteiger partial charge is 0.496 e. The summed E-state index contributed by atoms with van der Waals surface area (Å²) in [5.41, 5.74) is 9.39. The fourth-order valence-corrected chi connectivity index (χ4v) is 2.26. The molecule has 0 spiro atoms. The molecule has 0 aliphatic heterocycles. The van der Waals surface area contributed by atoms with Gasteiger partial charge in [-0.3, -0.25) is 9.78 Å². The van der Waals surface area contributed by atoms with Crippen LogP contribution in [0.25, 0.3) is 0 Å². The first-order valence-electron chi connectivity index (χ1n) is 6.41. The molecule has 4 heteroatoms. The minimum absolute atomic E-state index is 0.0727. The molecule has 0 aliphatic carbocycles. The Kier molecular flexibility index (Phi) is 4.15. The molecule has 20 heavy (non-hydrogen) atoms. The number of nitrogens with two attached hydrogens (primary N) is 1. The summed E-state index contributed by atoms with van der Waals surface area (Å²) in [6.07, 6.45) is 1.60. The first kappa shape index (κ1) is 14.2. The summed E-state index contributed by atoms with van der Waals surface area (Å²) in [6.45, 7) is 4.20. The highest BCUT2D eigenvalue weighted by Gasteiger charge is 2.18. The van der Waals surface area contributed by atoms with E-state index in [1.54, 1.807) is 25.4 Å². The summed E-state index contributed by atoms with van der Waals surface area (Å²) in [5, 5.41) is 0. The van der Waals surface area contributed by atoms with Crippen LogP contribution in [0.2, 0.25) is 0 Å². The summed E-state index contributed by atoms with van der Waals surface area (Å²) >= 11 is 0. The minimum atomic E-state index is -0.0727. The van der Waals surface area contributed by atoms with Crippen LogP contribution < -0.4 is 10.5 Å². The molecule has 1 aromatic carbocycles. The monoisotopic (exact) mass is 270 g/mol. The number of benzene rings is 1. The van der Waals surface area contributed by atoms with Gasteiger partial charge in [0.15, 0.2) is 5.78 Å². The van der Waals surface area contributed by atoms with Crippen molar-refractivity contribution in [3.8, 4) is 5.75 Å². The molecular formula is C16H18N2O2. The van der Waals surface area contributed by atoms with Gasteiger partial charge in [0.25, 0.3) is 0 Å². The van der Waals surface area contributed by atoms with Crippen LogP contribution in [-0.4, -0.2) is 17.9 Å². The number of hydrogen-bond donors (Lipinski definition) is 1. The molecule has 0 aliphatic rings. The third kappa shape index (κ3) is 2.70. The Morgan fingerprint density at radius 2 is 2.05 bits per heavy atom. The Labute approximate surface area is 118 Å². The quantitative estimate of drug-likeness (QED) is 0.866. The summed E-state index contributed by atoms with van der Waals surface area (Å²) in [7, 11) is 1.57. The Balaban J connectivity index is 2.52. The zero-order valence-corrected chi connectivity index (χ0v) is 11.9. The molecule has 2 aromatic rings. The average molecular weight is 270 g/mol. The fourth-order valence-electron chi connectivity index (χ4n) is 2.26. The SMILES string of the molecule is COc1cc(C)cc(C)c1C(=O)c1ccnc(CN)c1. The highest BCUT2D eigenvalue weighted by Crippen LogP contribution is 2.26. The van der Waals surface area contributed by atoms with E-state index in [0.717, 1.165) is 11.1 Å². The van der Waals surface area contributed by atoms with E-state index in [1.165, 1.54) is 0 Å². The topological polar surface area (TPSA) is 65.2 Å². The average Bonchev–Trinajstić information content (AvgIpc) is 2.45. The Morgan fingerprint density at radius 3 is 2.70 bits per heavy atom. The zero-order valence-electron chi connectivity index (χ0n) is 11.9. The molecule has 1 aromatic heterocycles. The van der Waals surface area contributed by atoms with Crippen molar-refractivity contribution >= 4 is 5.78 Å². The van der Waals surface area contributed by atoms with Crippen molar-refractivity contribution in [2.24, 2.45) is 5.73 Å². The number of ether oxygens (including phenoxy) is 1. The lowest BCUT2D eigenvalue weighted by Gasteiger charge is -2.12. The number of methoxy groups -OCH3 is 1. The van der Waals surface area contributed by atoms with Crippen LogP contribution in [0.1, 0.15) is 32.7 Å². The van der Waals surface area contributed by atoms with Crippen molar-refractivity contribution in [1.29, 1.82) is 0 Å². The van der Waals surface area contributed by atoms with Gasteiger partial charge in [-0.15, -0.1) is 0 Å². The van der Waals surface area contributed by atoms with Gasteiger partial charge in [-0.05, 0) is 43.2 Å². The molecule has 0 amide bonds. The highest BCUT2D eigenvalue weighted by molar-refractivity contribution is 6.11. The van der Waals surface area contributed by atoms with Gasteiger partial charge in [0.1, 0.15) is 5.75 Å². The lowest BCUT2D eigenvalue weighted by Crippen LogP contribution is -2.09. The van der Waals surface area contributed by atoms with Gasteiger partial charge >= 0.3 is 0 Å². The molecular weight excluding hydrogens is 252 g/mol. The van der Waals surface area contributed by atoms with Crippen molar-refractivity contribution < 1.29 is 9.53 Å². The number of hydrogen-bond acceptors (Lipinski definition) is 4. The number of nitrogens with zero attached hydrogens (tertiary/aromatic N) is 1. The number of carbonyl (C=O) groups is 1. The maximum Gasteiger partial charge on any atom is 0.197 e. The maximum absolute atomic E-state index is 12.7. The smallest absolute Gasteiger partial charge is 0.197 e. The second kappa shape index (κ2) is 5.84. The van der Waals surface area contributed by atoms with Crippen LogP contribution in [0.5, 0.6) is 5.75 Å². The predicted molar refractivity (Wildman–Crippen MR) is 78.0 cm³/mol. The van der Waals surface area contributed by atoms with Crippen molar-refractivity contribution in [3.63, 3.8) is 0 Å². The van der Waals surface area contributed by atoms with E-state index >= 15 is 0 Å². The summed E-state index contributed by atoms with van der Waals surface area (Å²) in [6, 6.07) is 7.26. The van der Waals surface area contributed by atoms with E-state index in [2.05, 4.69) is 4.98 Å². The van der Waals surface area contributed by atoms with Gasteiger partial charge < -0.3 is 10.5 Å². The Bertz CT molecular complexity index is 651. The van der Waals surface area contributed by atoms with Crippen LogP contribution in [0.4, 0.5) is 0 Å². The molecule has 2 N–H and O–H groups in total. The second-order valence-electron chi connectivity index (χ2n) is 4.73. The van der Waals surface area contributed by atoms with Gasteiger partial charge in [-0.25, -0.2) is 0 Å². The van der Waals surface area contributed by atoms with Gasteiger partial charge in [-0.2, -0.15) is 0 Å². The number of rotatable bonds is 4. The van der Waals surface area contributed by atoms with Crippen molar-refractivity contribution in [2.75, 3.05) is 7.11 Å². The van der Waals surface area contributed by atoms with Gasteiger partial charge in [0.05, 0.1) is 18.4 Å². The Morgan fingerprint density at radius 1 is 1.30 bits per heavy atom. The molecule has 0 saturated heterocycles. The van der Waals surface area contributed by atoms with Gasteiger partial charge in [0.2, 0.25) is 0 Å². The van der Waals surface area contributed by atoms with Gasteiger partial charge in [0, 0.05) is 18.3 Å². The third-order valence-corrected chi connectivity index (χ3v) is 3.18. The standard InChI is InChI=1S/C16H18N2O2/c1-10-6-11(2)15(14(7-10)20-3)16(19)12-4-5-18-13(8-12)9-17/h4-8H,9,17H2,1-3H3. The summed E-state index contributed by atoms with van der Waals surface area (Å²) in [5.74, 6) is 0.523. The normalized spacial score (nSPS) is 10.4. The third-order valence-electron chi connectivity index (χ3n) is 3.18. The molecule has 4 nitrogen and oxygen atoms in total. The molecule has 0 bridgehead atoms. The molecule has 104 valence electrons. The molecule has 0 unspecified atom stereocenters. The number of pyridine rings is 1. The number of ketones is 1. The first-order valence-corrected chi connectivity index (χ1v) is 6.41. The van der Waals surface area contributed by atoms with Gasteiger partial charge in [-0.1, -0.05) is 6.07 Å². The predicted octanol–water partition coefficient (Wildman–Crippen LogP) is 2.40. The van der Waals surface area contributed by atoms with Crippen LogP contribution in [0.3, 0.4) is 0 Å². The van der Waals surface area contributed by atoms with E-state index in [9.17, 15) is 4.79 Å². The molecule has 2 rings (SSSR count). The number of aryl methyl sites for hydroxylation is 2. The van der Waals surface area contributed by atoms with Crippen LogP contribution in [-0.2, 0) is 6.54 Å². The lowest BCUT2D eigenvalue weighted by molar-refractivity contribution is 0.103. The molecule has 0 saturated carbocycles. The van der Waals surface area contributed by atoms with E-state index in [0.29, 0.717) is 29.1 Å². The summed E-state index contributed by atoms with van der Waals surface area (Å²) < 4.78 is 5.35. The van der Waals surface area contributed by atoms with Crippen LogP contribution in [0.15, 0.2) is 30.5 Å².